The highest BCUT2D eigenvalue weighted by Gasteiger charge is 2.32. The molecule has 0 radical (unpaired) electrons. The largest absolute Gasteiger partial charge is 0.396 e. The van der Waals surface area contributed by atoms with E-state index in [1.54, 1.807) is 0 Å². The molecule has 1 rings (SSSR count). The lowest BCUT2D eigenvalue weighted by molar-refractivity contribution is -0.146. The minimum Gasteiger partial charge on any atom is -0.396 e. The minimum atomic E-state index is -0.694. The Kier molecular flexibility index (Phi) is 9.42. The SMILES string of the molecule is CC1(C)OCC(COCC(O)COCCC(CO)CCO)O1. The summed E-state index contributed by atoms with van der Waals surface area (Å²) >= 11 is 0. The molecular weight excluding hydrogens is 292 g/mol. The molecule has 1 fully saturated rings. The number of aliphatic hydroxyl groups is 3. The minimum absolute atomic E-state index is 0.0371. The van der Waals surface area contributed by atoms with E-state index in [-0.39, 0.29) is 38.4 Å². The van der Waals surface area contributed by atoms with Gasteiger partial charge in [-0.25, -0.2) is 0 Å². The number of rotatable bonds is 12. The maximum absolute atomic E-state index is 9.74. The first-order valence-corrected chi connectivity index (χ1v) is 7.84. The Hall–Kier alpha value is -0.280. The van der Waals surface area contributed by atoms with Crippen molar-refractivity contribution in [2.24, 2.45) is 5.92 Å². The average molecular weight is 322 g/mol. The summed E-state index contributed by atoms with van der Waals surface area (Å²) in [5.41, 5.74) is 0. The van der Waals surface area contributed by atoms with Crippen LogP contribution in [0.4, 0.5) is 0 Å². The summed E-state index contributed by atoms with van der Waals surface area (Å²) in [6.45, 7) is 5.48. The van der Waals surface area contributed by atoms with Crippen molar-refractivity contribution in [3.63, 3.8) is 0 Å². The maximum atomic E-state index is 9.74. The van der Waals surface area contributed by atoms with Crippen LogP contribution < -0.4 is 0 Å². The highest BCUT2D eigenvalue weighted by molar-refractivity contribution is 4.70. The van der Waals surface area contributed by atoms with Gasteiger partial charge in [0, 0.05) is 19.8 Å². The number of hydrogen-bond donors (Lipinski definition) is 3. The normalized spacial score (nSPS) is 23.6. The summed E-state index contributed by atoms with van der Waals surface area (Å²) in [4.78, 5) is 0. The van der Waals surface area contributed by atoms with Gasteiger partial charge in [0.2, 0.25) is 0 Å². The second-order valence-corrected chi connectivity index (χ2v) is 6.07. The topological polar surface area (TPSA) is 97.6 Å². The summed E-state index contributed by atoms with van der Waals surface area (Å²) in [5.74, 6) is -0.519. The molecule has 7 heteroatoms. The van der Waals surface area contributed by atoms with Gasteiger partial charge in [0.15, 0.2) is 5.79 Å². The van der Waals surface area contributed by atoms with Crippen molar-refractivity contribution < 1.29 is 34.3 Å². The summed E-state index contributed by atoms with van der Waals surface area (Å²) in [6, 6.07) is 0. The second-order valence-electron chi connectivity index (χ2n) is 6.07. The van der Waals surface area contributed by atoms with Crippen LogP contribution in [0.25, 0.3) is 0 Å². The zero-order valence-electron chi connectivity index (χ0n) is 13.6. The van der Waals surface area contributed by atoms with Crippen LogP contribution in [-0.2, 0) is 18.9 Å². The Bertz CT molecular complexity index is 285. The first-order valence-electron chi connectivity index (χ1n) is 7.84. The molecule has 0 spiro atoms. The Morgan fingerprint density at radius 1 is 1.18 bits per heavy atom. The van der Waals surface area contributed by atoms with E-state index >= 15 is 0 Å². The van der Waals surface area contributed by atoms with Crippen LogP contribution in [0.3, 0.4) is 0 Å². The molecule has 1 aliphatic heterocycles. The van der Waals surface area contributed by atoms with E-state index in [9.17, 15) is 5.11 Å². The highest BCUT2D eigenvalue weighted by atomic mass is 16.7. The maximum Gasteiger partial charge on any atom is 0.163 e. The van der Waals surface area contributed by atoms with E-state index in [4.69, 9.17) is 29.2 Å². The zero-order valence-corrected chi connectivity index (χ0v) is 13.6. The van der Waals surface area contributed by atoms with Crippen molar-refractivity contribution in [3.05, 3.63) is 0 Å². The van der Waals surface area contributed by atoms with E-state index in [1.807, 2.05) is 13.8 Å². The van der Waals surface area contributed by atoms with Gasteiger partial charge < -0.3 is 34.3 Å². The first-order chi connectivity index (χ1) is 10.5. The molecule has 22 heavy (non-hydrogen) atoms. The molecule has 7 nitrogen and oxygen atoms in total. The Morgan fingerprint density at radius 2 is 1.91 bits per heavy atom. The average Bonchev–Trinajstić information content (AvgIpc) is 2.81. The van der Waals surface area contributed by atoms with Crippen molar-refractivity contribution >= 4 is 0 Å². The van der Waals surface area contributed by atoms with Crippen LogP contribution in [0.5, 0.6) is 0 Å². The predicted molar refractivity (Wildman–Crippen MR) is 79.4 cm³/mol. The molecule has 0 aromatic rings. The van der Waals surface area contributed by atoms with Gasteiger partial charge in [-0.2, -0.15) is 0 Å². The fourth-order valence-corrected chi connectivity index (χ4v) is 2.21. The van der Waals surface area contributed by atoms with E-state index in [2.05, 4.69) is 0 Å². The Labute approximate surface area is 132 Å². The van der Waals surface area contributed by atoms with Gasteiger partial charge in [0.25, 0.3) is 0 Å². The van der Waals surface area contributed by atoms with Crippen LogP contribution in [-0.4, -0.2) is 79.6 Å². The molecule has 3 unspecified atom stereocenters. The van der Waals surface area contributed by atoms with E-state index in [0.717, 1.165) is 0 Å². The molecule has 0 aromatic heterocycles. The lowest BCUT2D eigenvalue weighted by atomic mass is 10.0. The molecule has 0 bridgehead atoms. The van der Waals surface area contributed by atoms with Crippen LogP contribution in [0.1, 0.15) is 26.7 Å². The molecule has 0 amide bonds. The van der Waals surface area contributed by atoms with Crippen LogP contribution >= 0.6 is 0 Å². The molecule has 0 aliphatic carbocycles. The lowest BCUT2D eigenvalue weighted by Crippen LogP contribution is -2.27. The Morgan fingerprint density at radius 3 is 2.50 bits per heavy atom. The van der Waals surface area contributed by atoms with Crippen LogP contribution in [0.15, 0.2) is 0 Å². The third kappa shape index (κ3) is 8.38. The van der Waals surface area contributed by atoms with Gasteiger partial charge in [0.05, 0.1) is 26.4 Å². The van der Waals surface area contributed by atoms with Gasteiger partial charge in [0.1, 0.15) is 12.2 Å². The van der Waals surface area contributed by atoms with Gasteiger partial charge >= 0.3 is 0 Å². The summed E-state index contributed by atoms with van der Waals surface area (Å²) in [5, 5.41) is 27.6. The van der Waals surface area contributed by atoms with Crippen molar-refractivity contribution in [1.29, 1.82) is 0 Å². The summed E-state index contributed by atoms with van der Waals surface area (Å²) in [7, 11) is 0. The number of aliphatic hydroxyl groups excluding tert-OH is 3. The molecule has 3 atom stereocenters. The smallest absolute Gasteiger partial charge is 0.163 e. The monoisotopic (exact) mass is 322 g/mol. The third-order valence-electron chi connectivity index (χ3n) is 3.46. The third-order valence-corrected chi connectivity index (χ3v) is 3.46. The van der Waals surface area contributed by atoms with Crippen molar-refractivity contribution in [3.8, 4) is 0 Å². The van der Waals surface area contributed by atoms with Crippen molar-refractivity contribution in [2.45, 2.75) is 44.7 Å². The van der Waals surface area contributed by atoms with E-state index in [1.165, 1.54) is 0 Å². The summed E-state index contributed by atoms with van der Waals surface area (Å²) in [6.07, 6.45) is 0.422. The van der Waals surface area contributed by atoms with Gasteiger partial charge in [-0.3, -0.25) is 0 Å². The van der Waals surface area contributed by atoms with Gasteiger partial charge in [-0.1, -0.05) is 0 Å². The van der Waals surface area contributed by atoms with E-state index in [0.29, 0.717) is 32.7 Å². The fraction of sp³-hybridized carbons (Fsp3) is 1.00. The zero-order chi connectivity index (χ0) is 16.4. The molecule has 1 aliphatic rings. The molecular formula is C15H30O7. The first kappa shape index (κ1) is 19.8. The standard InChI is InChI=1S/C15H30O7/c1-15(2)21-11-14(22-15)10-20-9-13(18)8-19-6-4-12(7-17)3-5-16/h12-14,16-18H,3-11H2,1-2H3. The molecule has 1 saturated heterocycles. The number of ether oxygens (including phenoxy) is 4. The molecule has 1 heterocycles. The fourth-order valence-electron chi connectivity index (χ4n) is 2.21. The van der Waals surface area contributed by atoms with E-state index < -0.39 is 11.9 Å². The molecule has 132 valence electrons. The molecule has 3 N–H and O–H groups in total. The second kappa shape index (κ2) is 10.5. The van der Waals surface area contributed by atoms with Gasteiger partial charge in [-0.15, -0.1) is 0 Å². The van der Waals surface area contributed by atoms with Gasteiger partial charge in [-0.05, 0) is 32.6 Å². The van der Waals surface area contributed by atoms with Crippen LogP contribution in [0.2, 0.25) is 0 Å². The highest BCUT2D eigenvalue weighted by Crippen LogP contribution is 2.22. The lowest BCUT2D eigenvalue weighted by Gasteiger charge is -2.18. The predicted octanol–water partition coefficient (Wildman–Crippen LogP) is -0.0870. The van der Waals surface area contributed by atoms with Crippen molar-refractivity contribution in [1.82, 2.24) is 0 Å². The number of hydrogen-bond acceptors (Lipinski definition) is 7. The summed E-state index contributed by atoms with van der Waals surface area (Å²) < 4.78 is 21.8. The Balaban J connectivity index is 1.98. The molecule has 0 saturated carbocycles. The quantitative estimate of drug-likeness (QED) is 0.432. The van der Waals surface area contributed by atoms with Crippen molar-refractivity contribution in [2.75, 3.05) is 46.2 Å². The molecule has 0 aromatic carbocycles. The van der Waals surface area contributed by atoms with Crippen LogP contribution in [0, 0.1) is 5.92 Å².